The summed E-state index contributed by atoms with van der Waals surface area (Å²) in [5, 5.41) is 12.8. The molecular formula is C17H21NO3. The monoisotopic (exact) mass is 287 g/mol. The Bertz CT molecular complexity index is 599. The van der Waals surface area contributed by atoms with Crippen LogP contribution in [0.3, 0.4) is 0 Å². The maximum absolute atomic E-state index is 12.1. The Labute approximate surface area is 124 Å². The molecule has 4 heteroatoms. The van der Waals surface area contributed by atoms with Crippen LogP contribution in [0.4, 0.5) is 0 Å². The number of hydrogen-bond donors (Lipinski definition) is 2. The van der Waals surface area contributed by atoms with Gasteiger partial charge in [0.15, 0.2) is 5.76 Å². The smallest absolute Gasteiger partial charge is 0.287 e. The summed E-state index contributed by atoms with van der Waals surface area (Å²) in [6.07, 6.45) is 0.785. The van der Waals surface area contributed by atoms with Crippen LogP contribution in [0.25, 0.3) is 0 Å². The van der Waals surface area contributed by atoms with E-state index in [0.29, 0.717) is 5.76 Å². The number of benzene rings is 1. The van der Waals surface area contributed by atoms with E-state index < -0.39 is 6.10 Å². The third-order valence-corrected chi connectivity index (χ3v) is 3.44. The fourth-order valence-corrected chi connectivity index (χ4v) is 2.13. The van der Waals surface area contributed by atoms with Crippen molar-refractivity contribution >= 4 is 5.91 Å². The molecule has 4 nitrogen and oxygen atoms in total. The molecule has 112 valence electrons. The molecule has 0 aliphatic carbocycles. The van der Waals surface area contributed by atoms with Crippen LogP contribution >= 0.6 is 0 Å². The van der Waals surface area contributed by atoms with Crippen LogP contribution in [0.15, 0.2) is 41.0 Å². The van der Waals surface area contributed by atoms with Crippen molar-refractivity contribution in [2.24, 2.45) is 0 Å². The molecule has 0 spiro atoms. The number of aliphatic hydroxyl groups is 1. The van der Waals surface area contributed by atoms with Gasteiger partial charge in [-0.05, 0) is 24.5 Å². The lowest BCUT2D eigenvalue weighted by atomic mass is 10.0. The van der Waals surface area contributed by atoms with E-state index in [0.717, 1.165) is 16.7 Å². The van der Waals surface area contributed by atoms with Gasteiger partial charge in [-0.15, -0.1) is 0 Å². The van der Waals surface area contributed by atoms with Gasteiger partial charge < -0.3 is 14.8 Å². The van der Waals surface area contributed by atoms with Gasteiger partial charge in [-0.3, -0.25) is 4.79 Å². The van der Waals surface area contributed by atoms with Crippen molar-refractivity contribution in [2.75, 3.05) is 6.54 Å². The second-order valence-corrected chi connectivity index (χ2v) is 5.50. The van der Waals surface area contributed by atoms with Gasteiger partial charge in [-0.2, -0.15) is 0 Å². The SMILES string of the molecule is Cc1ccc([C@H](O)CNC(=O)c2occc2C(C)C)cc1. The molecule has 0 aliphatic heterocycles. The minimum Gasteiger partial charge on any atom is -0.459 e. The molecule has 1 atom stereocenters. The lowest BCUT2D eigenvalue weighted by Gasteiger charge is -2.13. The Morgan fingerprint density at radius 2 is 1.90 bits per heavy atom. The zero-order chi connectivity index (χ0) is 15.4. The maximum Gasteiger partial charge on any atom is 0.287 e. The van der Waals surface area contributed by atoms with Crippen LogP contribution in [0, 0.1) is 6.92 Å². The van der Waals surface area contributed by atoms with Gasteiger partial charge in [0.25, 0.3) is 5.91 Å². The highest BCUT2D eigenvalue weighted by Gasteiger charge is 2.18. The van der Waals surface area contributed by atoms with E-state index in [1.54, 1.807) is 6.07 Å². The van der Waals surface area contributed by atoms with Gasteiger partial charge in [-0.1, -0.05) is 43.7 Å². The minimum atomic E-state index is -0.730. The molecule has 0 unspecified atom stereocenters. The molecule has 21 heavy (non-hydrogen) atoms. The standard InChI is InChI=1S/C17H21NO3/c1-11(2)14-8-9-21-16(14)17(20)18-10-15(19)13-6-4-12(3)5-7-13/h4-9,11,15,19H,10H2,1-3H3,(H,18,20)/t15-/m1/s1. The van der Waals surface area contributed by atoms with Gasteiger partial charge in [0, 0.05) is 12.1 Å². The first-order chi connectivity index (χ1) is 9.99. The van der Waals surface area contributed by atoms with Gasteiger partial charge >= 0.3 is 0 Å². The van der Waals surface area contributed by atoms with Crippen molar-refractivity contribution in [2.45, 2.75) is 32.8 Å². The average molecular weight is 287 g/mol. The number of carbonyl (C=O) groups is 1. The molecule has 0 fully saturated rings. The fourth-order valence-electron chi connectivity index (χ4n) is 2.13. The van der Waals surface area contributed by atoms with E-state index in [2.05, 4.69) is 5.32 Å². The highest BCUT2D eigenvalue weighted by molar-refractivity contribution is 5.93. The van der Waals surface area contributed by atoms with E-state index in [1.165, 1.54) is 6.26 Å². The van der Waals surface area contributed by atoms with E-state index in [9.17, 15) is 9.90 Å². The van der Waals surface area contributed by atoms with Gasteiger partial charge in [-0.25, -0.2) is 0 Å². The number of amides is 1. The number of aliphatic hydroxyl groups excluding tert-OH is 1. The van der Waals surface area contributed by atoms with E-state index >= 15 is 0 Å². The molecule has 0 aliphatic rings. The Balaban J connectivity index is 1.97. The predicted octanol–water partition coefficient (Wildman–Crippen LogP) is 3.17. The summed E-state index contributed by atoms with van der Waals surface area (Å²) in [4.78, 5) is 12.1. The summed E-state index contributed by atoms with van der Waals surface area (Å²) in [6.45, 7) is 6.15. The van der Waals surface area contributed by atoms with Crippen molar-refractivity contribution in [3.63, 3.8) is 0 Å². The van der Waals surface area contributed by atoms with Crippen molar-refractivity contribution in [1.29, 1.82) is 0 Å². The zero-order valence-electron chi connectivity index (χ0n) is 12.6. The summed E-state index contributed by atoms with van der Waals surface area (Å²) in [7, 11) is 0. The normalized spacial score (nSPS) is 12.4. The van der Waals surface area contributed by atoms with Gasteiger partial charge in [0.2, 0.25) is 0 Å². The molecule has 1 aromatic heterocycles. The number of hydrogen-bond acceptors (Lipinski definition) is 3. The first kappa shape index (κ1) is 15.3. The molecular weight excluding hydrogens is 266 g/mol. The zero-order valence-corrected chi connectivity index (χ0v) is 12.6. The topological polar surface area (TPSA) is 62.5 Å². The fraction of sp³-hybridized carbons (Fsp3) is 0.353. The third-order valence-electron chi connectivity index (χ3n) is 3.44. The molecule has 2 N–H and O–H groups in total. The molecule has 2 aromatic rings. The highest BCUT2D eigenvalue weighted by atomic mass is 16.3. The minimum absolute atomic E-state index is 0.153. The van der Waals surface area contributed by atoms with Crippen LogP contribution in [0.1, 0.15) is 53.1 Å². The number of aryl methyl sites for hydroxylation is 1. The molecule has 0 saturated carbocycles. The maximum atomic E-state index is 12.1. The number of furan rings is 1. The van der Waals surface area contributed by atoms with Crippen LogP contribution < -0.4 is 5.32 Å². The lowest BCUT2D eigenvalue weighted by Crippen LogP contribution is -2.28. The Kier molecular flexibility index (Phi) is 4.81. The molecule has 0 bridgehead atoms. The molecule has 1 aromatic carbocycles. The molecule has 2 rings (SSSR count). The first-order valence-corrected chi connectivity index (χ1v) is 7.09. The molecule has 0 radical (unpaired) electrons. The van der Waals surface area contributed by atoms with Crippen LogP contribution in [-0.4, -0.2) is 17.6 Å². The van der Waals surface area contributed by atoms with E-state index in [4.69, 9.17) is 4.42 Å². The van der Waals surface area contributed by atoms with Crippen LogP contribution in [-0.2, 0) is 0 Å². The van der Waals surface area contributed by atoms with Gasteiger partial charge in [0.1, 0.15) is 0 Å². The Morgan fingerprint density at radius 1 is 1.24 bits per heavy atom. The summed E-state index contributed by atoms with van der Waals surface area (Å²) in [5.41, 5.74) is 2.79. The summed E-state index contributed by atoms with van der Waals surface area (Å²) >= 11 is 0. The van der Waals surface area contributed by atoms with Crippen LogP contribution in [0.5, 0.6) is 0 Å². The predicted molar refractivity (Wildman–Crippen MR) is 81.3 cm³/mol. The lowest BCUT2D eigenvalue weighted by molar-refractivity contribution is 0.0887. The largest absolute Gasteiger partial charge is 0.459 e. The summed E-state index contributed by atoms with van der Waals surface area (Å²) in [6, 6.07) is 9.39. The molecule has 1 amide bonds. The summed E-state index contributed by atoms with van der Waals surface area (Å²) in [5.74, 6) is 0.238. The van der Waals surface area contributed by atoms with Crippen LogP contribution in [0.2, 0.25) is 0 Å². The molecule has 0 saturated heterocycles. The Morgan fingerprint density at radius 3 is 2.52 bits per heavy atom. The number of nitrogens with one attached hydrogen (secondary N) is 1. The second-order valence-electron chi connectivity index (χ2n) is 5.50. The number of carbonyl (C=O) groups excluding carboxylic acids is 1. The average Bonchev–Trinajstić information content (AvgIpc) is 2.95. The first-order valence-electron chi connectivity index (χ1n) is 7.09. The molecule has 1 heterocycles. The van der Waals surface area contributed by atoms with Crippen molar-refractivity contribution in [3.05, 3.63) is 59.0 Å². The van der Waals surface area contributed by atoms with Gasteiger partial charge in [0.05, 0.1) is 12.4 Å². The third kappa shape index (κ3) is 3.73. The van der Waals surface area contributed by atoms with Crippen molar-refractivity contribution in [3.8, 4) is 0 Å². The van der Waals surface area contributed by atoms with Crippen molar-refractivity contribution < 1.29 is 14.3 Å². The number of rotatable bonds is 5. The second kappa shape index (κ2) is 6.59. The Hall–Kier alpha value is -2.07. The van der Waals surface area contributed by atoms with E-state index in [-0.39, 0.29) is 18.4 Å². The quantitative estimate of drug-likeness (QED) is 0.888. The van der Waals surface area contributed by atoms with E-state index in [1.807, 2.05) is 45.0 Å². The highest BCUT2D eigenvalue weighted by Crippen LogP contribution is 2.20. The van der Waals surface area contributed by atoms with Crippen molar-refractivity contribution in [1.82, 2.24) is 5.32 Å². The summed E-state index contributed by atoms with van der Waals surface area (Å²) < 4.78 is 5.25.